The van der Waals surface area contributed by atoms with Gasteiger partial charge in [0.1, 0.15) is 0 Å². The van der Waals surface area contributed by atoms with Crippen molar-refractivity contribution < 1.29 is 0 Å². The van der Waals surface area contributed by atoms with Crippen molar-refractivity contribution in [3.05, 3.63) is 169 Å². The first kappa shape index (κ1) is 26.9. The van der Waals surface area contributed by atoms with Crippen LogP contribution in [0.15, 0.2) is 158 Å². The first-order valence-electron chi connectivity index (χ1n) is 17.2. The lowest BCUT2D eigenvalue weighted by atomic mass is 9.68. The molecule has 8 aromatic carbocycles. The Morgan fingerprint density at radius 1 is 0.408 bits per heavy atom. The van der Waals surface area contributed by atoms with E-state index >= 15 is 0 Å². The third kappa shape index (κ3) is 3.45. The van der Waals surface area contributed by atoms with Gasteiger partial charge in [0.25, 0.3) is 0 Å². The average molecular weight is 625 g/mol. The van der Waals surface area contributed by atoms with Crippen molar-refractivity contribution in [3.63, 3.8) is 0 Å². The quantitative estimate of drug-likeness (QED) is 0.181. The molecule has 0 atom stereocenters. The number of benzene rings is 8. The summed E-state index contributed by atoms with van der Waals surface area (Å²) < 4.78 is 4.96. The largest absolute Gasteiger partial charge is 0.309 e. The number of hydrogen-bond donors (Lipinski definition) is 0. The van der Waals surface area contributed by atoms with Crippen LogP contribution in [0.2, 0.25) is 0 Å². The molecule has 0 spiro atoms. The molecule has 11 rings (SSSR count). The molecular weight excluding hydrogens is 593 g/mol. The summed E-state index contributed by atoms with van der Waals surface area (Å²) in [6.07, 6.45) is 0. The first-order chi connectivity index (χ1) is 24.1. The lowest BCUT2D eigenvalue weighted by Gasteiger charge is -2.35. The summed E-state index contributed by atoms with van der Waals surface area (Å²) in [6.45, 7) is 4.76. The molecule has 1 aliphatic rings. The SMILES string of the molecule is CC1(C)c2ccccc2-c2c3c1cccc3cc1c3c4ccccc4ccc3n(-c3ccc4c(c3)c3ccccc3n4-c3ccccc3)c21. The van der Waals surface area contributed by atoms with Crippen molar-refractivity contribution in [1.29, 1.82) is 0 Å². The van der Waals surface area contributed by atoms with Gasteiger partial charge < -0.3 is 9.13 Å². The Bertz CT molecular complexity index is 3010. The fourth-order valence-electron chi connectivity index (χ4n) is 9.12. The van der Waals surface area contributed by atoms with E-state index in [-0.39, 0.29) is 5.41 Å². The lowest BCUT2D eigenvalue weighted by Crippen LogP contribution is -2.23. The van der Waals surface area contributed by atoms with Crippen LogP contribution in [0.5, 0.6) is 0 Å². The molecule has 0 amide bonds. The third-order valence-corrected chi connectivity index (χ3v) is 11.3. The van der Waals surface area contributed by atoms with Gasteiger partial charge in [-0.15, -0.1) is 0 Å². The second-order valence-electron chi connectivity index (χ2n) is 14.1. The Labute approximate surface area is 284 Å². The van der Waals surface area contributed by atoms with E-state index in [0.29, 0.717) is 0 Å². The van der Waals surface area contributed by atoms with Crippen LogP contribution in [0.25, 0.3) is 87.7 Å². The second kappa shape index (κ2) is 9.49. The van der Waals surface area contributed by atoms with E-state index in [0.717, 1.165) is 0 Å². The van der Waals surface area contributed by atoms with Crippen LogP contribution in [0.4, 0.5) is 0 Å². The van der Waals surface area contributed by atoms with Gasteiger partial charge in [-0.25, -0.2) is 0 Å². The predicted octanol–water partition coefficient (Wildman–Crippen LogP) is 12.5. The standard InChI is InChI=1S/C47H32N2/c1-47(2)38-20-10-8-19-35(38)45-43-30(14-12-21-39(43)47)27-37-44-33-17-7-6-13-29(33)23-25-42(44)49(46(37)45)32-24-26-41-36(28-32)34-18-9-11-22-40(34)48(41)31-15-4-3-5-16-31/h3-28H,1-2H3. The van der Waals surface area contributed by atoms with Gasteiger partial charge in [-0.3, -0.25) is 0 Å². The van der Waals surface area contributed by atoms with Gasteiger partial charge in [-0.1, -0.05) is 123 Å². The molecule has 1 aliphatic carbocycles. The van der Waals surface area contributed by atoms with Crippen LogP contribution in [-0.4, -0.2) is 9.13 Å². The van der Waals surface area contributed by atoms with Gasteiger partial charge in [0.05, 0.1) is 22.1 Å². The molecule has 0 saturated carbocycles. The third-order valence-electron chi connectivity index (χ3n) is 11.3. The number of aromatic nitrogens is 2. The minimum Gasteiger partial charge on any atom is -0.309 e. The highest BCUT2D eigenvalue weighted by Gasteiger charge is 2.35. The lowest BCUT2D eigenvalue weighted by molar-refractivity contribution is 0.645. The maximum atomic E-state index is 2.56. The summed E-state index contributed by atoms with van der Waals surface area (Å²) in [5, 5.41) is 10.3. The van der Waals surface area contributed by atoms with Gasteiger partial charge in [0, 0.05) is 43.9 Å². The number of para-hydroxylation sites is 2. The summed E-state index contributed by atoms with van der Waals surface area (Å²) in [6, 6.07) is 58.6. The van der Waals surface area contributed by atoms with Crippen molar-refractivity contribution in [3.8, 4) is 22.5 Å². The number of rotatable bonds is 2. The van der Waals surface area contributed by atoms with Crippen LogP contribution in [0.3, 0.4) is 0 Å². The highest BCUT2D eigenvalue weighted by atomic mass is 15.0. The minimum absolute atomic E-state index is 0.113. The Hall–Kier alpha value is -6.12. The molecule has 0 radical (unpaired) electrons. The van der Waals surface area contributed by atoms with Gasteiger partial charge in [-0.2, -0.15) is 0 Å². The van der Waals surface area contributed by atoms with E-state index in [2.05, 4.69) is 181 Å². The summed E-state index contributed by atoms with van der Waals surface area (Å²) >= 11 is 0. The summed E-state index contributed by atoms with van der Waals surface area (Å²) in [5.74, 6) is 0. The summed E-state index contributed by atoms with van der Waals surface area (Å²) in [4.78, 5) is 0. The Morgan fingerprint density at radius 2 is 1.10 bits per heavy atom. The van der Waals surface area contributed by atoms with Crippen LogP contribution in [0.1, 0.15) is 25.0 Å². The first-order valence-corrected chi connectivity index (χ1v) is 17.2. The number of fused-ring (bicyclic) bond motifs is 11. The van der Waals surface area contributed by atoms with Gasteiger partial charge >= 0.3 is 0 Å². The van der Waals surface area contributed by atoms with Crippen molar-refractivity contribution in [1.82, 2.24) is 9.13 Å². The van der Waals surface area contributed by atoms with Gasteiger partial charge in [0.15, 0.2) is 0 Å². The van der Waals surface area contributed by atoms with E-state index in [1.54, 1.807) is 0 Å². The zero-order chi connectivity index (χ0) is 32.4. The zero-order valence-electron chi connectivity index (χ0n) is 27.4. The van der Waals surface area contributed by atoms with Gasteiger partial charge in [-0.05, 0) is 86.8 Å². The van der Waals surface area contributed by atoms with Gasteiger partial charge in [0.2, 0.25) is 0 Å². The maximum Gasteiger partial charge on any atom is 0.0626 e. The number of nitrogens with zero attached hydrogens (tertiary/aromatic N) is 2. The molecule has 10 aromatic rings. The molecule has 0 fully saturated rings. The Morgan fingerprint density at radius 3 is 2.00 bits per heavy atom. The van der Waals surface area contributed by atoms with Crippen molar-refractivity contribution in [2.24, 2.45) is 0 Å². The van der Waals surface area contributed by atoms with Crippen molar-refractivity contribution in [2.45, 2.75) is 19.3 Å². The van der Waals surface area contributed by atoms with Crippen molar-refractivity contribution in [2.75, 3.05) is 0 Å². The smallest absolute Gasteiger partial charge is 0.0626 e. The minimum atomic E-state index is -0.113. The molecule has 2 aromatic heterocycles. The van der Waals surface area contributed by atoms with Crippen LogP contribution in [-0.2, 0) is 5.41 Å². The van der Waals surface area contributed by atoms with Crippen LogP contribution < -0.4 is 0 Å². The Kier molecular flexibility index (Phi) is 5.21. The molecule has 0 unspecified atom stereocenters. The van der Waals surface area contributed by atoms with Crippen molar-refractivity contribution >= 4 is 65.2 Å². The number of hydrogen-bond acceptors (Lipinski definition) is 0. The molecule has 0 bridgehead atoms. The molecule has 49 heavy (non-hydrogen) atoms. The topological polar surface area (TPSA) is 9.86 Å². The van der Waals surface area contributed by atoms with E-state index < -0.39 is 0 Å². The van der Waals surface area contributed by atoms with E-state index in [1.807, 2.05) is 0 Å². The molecule has 230 valence electrons. The Balaban J connectivity index is 1.35. The summed E-state index contributed by atoms with van der Waals surface area (Å²) in [5.41, 5.74) is 12.6. The van der Waals surface area contributed by atoms with E-state index in [9.17, 15) is 0 Å². The maximum absolute atomic E-state index is 2.56. The fraction of sp³-hybridized carbons (Fsp3) is 0.0638. The highest BCUT2D eigenvalue weighted by molar-refractivity contribution is 6.28. The predicted molar refractivity (Wildman–Crippen MR) is 208 cm³/mol. The molecule has 0 N–H and O–H groups in total. The molecule has 2 heteroatoms. The molecule has 2 heterocycles. The monoisotopic (exact) mass is 624 g/mol. The normalized spacial score (nSPS) is 13.7. The summed E-state index contributed by atoms with van der Waals surface area (Å²) in [7, 11) is 0. The fourth-order valence-corrected chi connectivity index (χ4v) is 9.12. The molecule has 0 aliphatic heterocycles. The van der Waals surface area contributed by atoms with Crippen LogP contribution in [0, 0.1) is 0 Å². The van der Waals surface area contributed by atoms with E-state index in [4.69, 9.17) is 0 Å². The second-order valence-corrected chi connectivity index (χ2v) is 14.1. The zero-order valence-corrected chi connectivity index (χ0v) is 27.4. The molecule has 0 saturated heterocycles. The van der Waals surface area contributed by atoms with Crippen LogP contribution >= 0.6 is 0 Å². The molecular formula is C47H32N2. The average Bonchev–Trinajstić information content (AvgIpc) is 3.66. The highest BCUT2D eigenvalue weighted by Crippen LogP contribution is 2.53. The molecule has 2 nitrogen and oxygen atoms in total. The van der Waals surface area contributed by atoms with E-state index in [1.165, 1.54) is 98.8 Å².